The van der Waals surface area contributed by atoms with Gasteiger partial charge in [-0.1, -0.05) is 44.2 Å². The van der Waals surface area contributed by atoms with Crippen molar-refractivity contribution in [2.24, 2.45) is 5.92 Å². The molecule has 0 spiro atoms. The molecule has 1 atom stereocenters. The molecule has 1 fully saturated rings. The summed E-state index contributed by atoms with van der Waals surface area (Å²) in [5, 5.41) is 0. The summed E-state index contributed by atoms with van der Waals surface area (Å²) in [6, 6.07) is 9.48. The Morgan fingerprint density at radius 1 is 1.08 bits per heavy atom. The minimum atomic E-state index is -0.844. The first kappa shape index (κ1) is 18.3. The van der Waals surface area contributed by atoms with E-state index in [0.717, 1.165) is 24.8 Å². The first-order valence-corrected chi connectivity index (χ1v) is 8.72. The van der Waals surface area contributed by atoms with Gasteiger partial charge in [-0.15, -0.1) is 0 Å². The van der Waals surface area contributed by atoms with Gasteiger partial charge in [-0.3, -0.25) is 0 Å². The van der Waals surface area contributed by atoms with Crippen molar-refractivity contribution in [2.75, 3.05) is 13.1 Å². The Morgan fingerprint density at radius 2 is 1.75 bits per heavy atom. The van der Waals surface area contributed by atoms with Crippen LogP contribution < -0.4 is 0 Å². The SMILES string of the molecule is CC(C)C[C@H](OC(=O)N1CCCCC1)C(=O)OCc1ccccc1. The number of esters is 1. The van der Waals surface area contributed by atoms with E-state index < -0.39 is 18.2 Å². The topological polar surface area (TPSA) is 55.8 Å². The van der Waals surface area contributed by atoms with Crippen LogP contribution in [0.5, 0.6) is 0 Å². The number of nitrogens with zero attached hydrogens (tertiary/aromatic N) is 1. The van der Waals surface area contributed by atoms with E-state index in [9.17, 15) is 9.59 Å². The Kier molecular flexibility index (Phi) is 7.09. The van der Waals surface area contributed by atoms with Gasteiger partial charge in [-0.2, -0.15) is 0 Å². The van der Waals surface area contributed by atoms with Gasteiger partial charge < -0.3 is 14.4 Å². The van der Waals surface area contributed by atoms with Gasteiger partial charge >= 0.3 is 12.1 Å². The Bertz CT molecular complexity index is 523. The van der Waals surface area contributed by atoms with Crippen LogP contribution in [0.3, 0.4) is 0 Å². The van der Waals surface area contributed by atoms with E-state index in [1.807, 2.05) is 44.2 Å². The van der Waals surface area contributed by atoms with Crippen molar-refractivity contribution in [3.8, 4) is 0 Å². The third-order valence-corrected chi connectivity index (χ3v) is 4.03. The van der Waals surface area contributed by atoms with Gasteiger partial charge in [0.2, 0.25) is 6.10 Å². The Hall–Kier alpha value is -2.04. The van der Waals surface area contributed by atoms with E-state index in [0.29, 0.717) is 19.5 Å². The molecule has 1 aromatic carbocycles. The highest BCUT2D eigenvalue weighted by Crippen LogP contribution is 2.16. The lowest BCUT2D eigenvalue weighted by atomic mass is 10.1. The second-order valence-electron chi connectivity index (χ2n) is 6.64. The van der Waals surface area contributed by atoms with Gasteiger partial charge in [-0.25, -0.2) is 9.59 Å². The number of hydrogen-bond donors (Lipinski definition) is 0. The number of ether oxygens (including phenoxy) is 2. The molecule has 0 N–H and O–H groups in total. The zero-order chi connectivity index (χ0) is 17.4. The Balaban J connectivity index is 1.90. The van der Waals surface area contributed by atoms with Gasteiger partial charge in [-0.05, 0) is 37.2 Å². The summed E-state index contributed by atoms with van der Waals surface area (Å²) in [5.41, 5.74) is 0.913. The second-order valence-corrected chi connectivity index (χ2v) is 6.64. The molecule has 0 aromatic heterocycles. The summed E-state index contributed by atoms with van der Waals surface area (Å²) in [4.78, 5) is 26.3. The molecule has 5 nitrogen and oxygen atoms in total. The molecule has 0 saturated carbocycles. The summed E-state index contributed by atoms with van der Waals surface area (Å²) in [7, 11) is 0. The predicted molar refractivity (Wildman–Crippen MR) is 91.4 cm³/mol. The van der Waals surface area contributed by atoms with Crippen LogP contribution in [0.15, 0.2) is 30.3 Å². The monoisotopic (exact) mass is 333 g/mol. The largest absolute Gasteiger partial charge is 0.458 e. The van der Waals surface area contributed by atoms with Crippen LogP contribution in [-0.2, 0) is 20.9 Å². The first-order valence-electron chi connectivity index (χ1n) is 8.72. The maximum atomic E-state index is 12.4. The van der Waals surface area contributed by atoms with Crippen molar-refractivity contribution < 1.29 is 19.1 Å². The van der Waals surface area contributed by atoms with Crippen molar-refractivity contribution >= 4 is 12.1 Å². The highest BCUT2D eigenvalue weighted by atomic mass is 16.6. The third-order valence-electron chi connectivity index (χ3n) is 4.03. The molecule has 0 unspecified atom stereocenters. The zero-order valence-corrected chi connectivity index (χ0v) is 14.6. The summed E-state index contributed by atoms with van der Waals surface area (Å²) in [5.74, 6) is -0.244. The average Bonchev–Trinajstić information content (AvgIpc) is 2.60. The normalized spacial score (nSPS) is 15.9. The van der Waals surface area contributed by atoms with Gasteiger partial charge in [0, 0.05) is 13.1 Å². The molecule has 0 radical (unpaired) electrons. The maximum Gasteiger partial charge on any atom is 0.410 e. The minimum Gasteiger partial charge on any atom is -0.458 e. The fourth-order valence-electron chi connectivity index (χ4n) is 2.71. The fourth-order valence-corrected chi connectivity index (χ4v) is 2.71. The summed E-state index contributed by atoms with van der Waals surface area (Å²) in [6.07, 6.45) is 2.33. The quantitative estimate of drug-likeness (QED) is 0.744. The summed E-state index contributed by atoms with van der Waals surface area (Å²) < 4.78 is 10.8. The highest BCUT2D eigenvalue weighted by Gasteiger charge is 2.28. The third kappa shape index (κ3) is 5.87. The van der Waals surface area contributed by atoms with Crippen LogP contribution >= 0.6 is 0 Å². The fraction of sp³-hybridized carbons (Fsp3) is 0.579. The molecular weight excluding hydrogens is 306 g/mol. The molecule has 1 aliphatic heterocycles. The molecule has 1 amide bonds. The number of carbonyl (C=O) groups excluding carboxylic acids is 2. The smallest absolute Gasteiger partial charge is 0.410 e. The summed E-state index contributed by atoms with van der Waals surface area (Å²) in [6.45, 7) is 5.58. The van der Waals surface area contributed by atoms with Crippen molar-refractivity contribution in [3.63, 3.8) is 0 Å². The molecule has 132 valence electrons. The van der Waals surface area contributed by atoms with Crippen LogP contribution in [0.2, 0.25) is 0 Å². The van der Waals surface area contributed by atoms with Crippen molar-refractivity contribution in [1.29, 1.82) is 0 Å². The number of benzene rings is 1. The molecular formula is C19H27NO4. The molecule has 5 heteroatoms. The van der Waals surface area contributed by atoms with Crippen LogP contribution in [0.1, 0.15) is 45.1 Å². The van der Waals surface area contributed by atoms with Crippen LogP contribution in [0, 0.1) is 5.92 Å². The number of piperidine rings is 1. The van der Waals surface area contributed by atoms with Crippen molar-refractivity contribution in [1.82, 2.24) is 4.90 Å². The lowest BCUT2D eigenvalue weighted by molar-refractivity contribution is -0.156. The molecule has 1 heterocycles. The lowest BCUT2D eigenvalue weighted by Crippen LogP contribution is -2.40. The van der Waals surface area contributed by atoms with E-state index >= 15 is 0 Å². The lowest BCUT2D eigenvalue weighted by Gasteiger charge is -2.28. The molecule has 1 aliphatic rings. The second kappa shape index (κ2) is 9.30. The first-order chi connectivity index (χ1) is 11.6. The number of carbonyl (C=O) groups is 2. The molecule has 2 rings (SSSR count). The van der Waals surface area contributed by atoms with Crippen molar-refractivity contribution in [3.05, 3.63) is 35.9 Å². The molecule has 0 bridgehead atoms. The number of hydrogen-bond acceptors (Lipinski definition) is 4. The van der Waals surface area contributed by atoms with Crippen molar-refractivity contribution in [2.45, 2.75) is 52.2 Å². The number of rotatable bonds is 6. The standard InChI is InChI=1S/C19H27NO4/c1-15(2)13-17(24-19(22)20-11-7-4-8-12-20)18(21)23-14-16-9-5-3-6-10-16/h3,5-6,9-10,15,17H,4,7-8,11-14H2,1-2H3/t17-/m0/s1. The van der Waals surface area contributed by atoms with Gasteiger partial charge in [0.25, 0.3) is 0 Å². The molecule has 0 aliphatic carbocycles. The van der Waals surface area contributed by atoms with E-state index in [1.54, 1.807) is 4.90 Å². The van der Waals surface area contributed by atoms with Gasteiger partial charge in [0.05, 0.1) is 0 Å². The maximum absolute atomic E-state index is 12.4. The number of amides is 1. The minimum absolute atomic E-state index is 0.190. The summed E-state index contributed by atoms with van der Waals surface area (Å²) >= 11 is 0. The molecule has 1 saturated heterocycles. The van der Waals surface area contributed by atoms with E-state index in [4.69, 9.17) is 9.47 Å². The predicted octanol–water partition coefficient (Wildman–Crippen LogP) is 3.77. The highest BCUT2D eigenvalue weighted by molar-refractivity contribution is 5.78. The van der Waals surface area contributed by atoms with Crippen LogP contribution in [0.25, 0.3) is 0 Å². The molecule has 1 aromatic rings. The number of likely N-dealkylation sites (tertiary alicyclic amines) is 1. The van der Waals surface area contributed by atoms with E-state index in [2.05, 4.69) is 0 Å². The van der Waals surface area contributed by atoms with E-state index in [-0.39, 0.29) is 12.5 Å². The van der Waals surface area contributed by atoms with Crippen LogP contribution in [-0.4, -0.2) is 36.2 Å². The zero-order valence-electron chi connectivity index (χ0n) is 14.6. The Labute approximate surface area is 143 Å². The van der Waals surface area contributed by atoms with E-state index in [1.165, 1.54) is 0 Å². The van der Waals surface area contributed by atoms with Crippen LogP contribution in [0.4, 0.5) is 4.79 Å². The molecule has 24 heavy (non-hydrogen) atoms. The Morgan fingerprint density at radius 3 is 2.38 bits per heavy atom. The van der Waals surface area contributed by atoms with Gasteiger partial charge in [0.1, 0.15) is 6.61 Å². The average molecular weight is 333 g/mol. The van der Waals surface area contributed by atoms with Gasteiger partial charge in [0.15, 0.2) is 0 Å².